The van der Waals surface area contributed by atoms with Crippen LogP contribution in [0.4, 0.5) is 0 Å². The third-order valence-electron chi connectivity index (χ3n) is 2.30. The Morgan fingerprint density at radius 2 is 1.75 bits per heavy atom. The predicted molar refractivity (Wildman–Crippen MR) is 58.7 cm³/mol. The van der Waals surface area contributed by atoms with E-state index < -0.39 is 0 Å². The molecular weight excluding hydrogens is 164 g/mol. The summed E-state index contributed by atoms with van der Waals surface area (Å²) in [5.74, 6) is 1.95. The summed E-state index contributed by atoms with van der Waals surface area (Å²) in [4.78, 5) is 0. The van der Waals surface area contributed by atoms with Gasteiger partial charge in [-0.25, -0.2) is 0 Å². The Morgan fingerprint density at radius 1 is 1.17 bits per heavy atom. The van der Waals surface area contributed by atoms with Gasteiger partial charge in [-0.1, -0.05) is 27.7 Å². The summed E-state index contributed by atoms with van der Waals surface area (Å²) in [6.45, 7) is 9.33. The van der Waals surface area contributed by atoms with Crippen molar-refractivity contribution in [3.63, 3.8) is 0 Å². The average molecular weight is 186 g/mol. The van der Waals surface area contributed by atoms with Gasteiger partial charge in [-0.2, -0.15) is 11.8 Å². The predicted octanol–water partition coefficient (Wildman–Crippen LogP) is 3.95. The van der Waals surface area contributed by atoms with Crippen LogP contribution < -0.4 is 0 Å². The zero-order valence-corrected chi connectivity index (χ0v) is 9.66. The fourth-order valence-corrected chi connectivity index (χ4v) is 3.33. The smallest absolute Gasteiger partial charge is 0.00803 e. The lowest BCUT2D eigenvalue weighted by molar-refractivity contribution is 0.539. The van der Waals surface area contributed by atoms with Crippen molar-refractivity contribution in [2.75, 3.05) is 0 Å². The van der Waals surface area contributed by atoms with Crippen molar-refractivity contribution in [2.45, 2.75) is 57.5 Å². The molecule has 0 saturated heterocycles. The Bertz CT molecular complexity index is 115. The van der Waals surface area contributed by atoms with Crippen molar-refractivity contribution in [3.05, 3.63) is 0 Å². The standard InChI is InChI=1S/C11H22S/c1-8(2)7-11(10-5-6-10)12-9(3)4/h8-11H,5-7H2,1-4H3/t11-/m0/s1. The van der Waals surface area contributed by atoms with Crippen molar-refractivity contribution in [2.24, 2.45) is 11.8 Å². The minimum absolute atomic E-state index is 0.814. The molecule has 0 aromatic rings. The Morgan fingerprint density at radius 3 is 2.08 bits per heavy atom. The topological polar surface area (TPSA) is 0 Å². The van der Waals surface area contributed by atoms with E-state index in [0.29, 0.717) is 0 Å². The normalized spacial score (nSPS) is 20.5. The monoisotopic (exact) mass is 186 g/mol. The van der Waals surface area contributed by atoms with Crippen molar-refractivity contribution < 1.29 is 0 Å². The second-order valence-electron chi connectivity index (χ2n) is 4.69. The molecule has 0 unspecified atom stereocenters. The maximum Gasteiger partial charge on any atom is 0.00803 e. The highest BCUT2D eigenvalue weighted by molar-refractivity contribution is 8.00. The van der Waals surface area contributed by atoms with Gasteiger partial charge in [-0.05, 0) is 36.3 Å². The van der Waals surface area contributed by atoms with Crippen LogP contribution in [0, 0.1) is 11.8 Å². The van der Waals surface area contributed by atoms with Gasteiger partial charge in [-0.15, -0.1) is 0 Å². The van der Waals surface area contributed by atoms with E-state index in [1.807, 2.05) is 0 Å². The summed E-state index contributed by atoms with van der Waals surface area (Å²) in [6, 6.07) is 0. The van der Waals surface area contributed by atoms with E-state index in [2.05, 4.69) is 39.5 Å². The van der Waals surface area contributed by atoms with Crippen LogP contribution in [0.3, 0.4) is 0 Å². The van der Waals surface area contributed by atoms with Crippen LogP contribution in [-0.2, 0) is 0 Å². The van der Waals surface area contributed by atoms with E-state index in [1.165, 1.54) is 19.3 Å². The van der Waals surface area contributed by atoms with Crippen molar-refractivity contribution in [3.8, 4) is 0 Å². The van der Waals surface area contributed by atoms with E-state index in [9.17, 15) is 0 Å². The summed E-state index contributed by atoms with van der Waals surface area (Å²) in [7, 11) is 0. The third-order valence-corrected chi connectivity index (χ3v) is 3.77. The van der Waals surface area contributed by atoms with E-state index >= 15 is 0 Å². The van der Waals surface area contributed by atoms with E-state index in [1.54, 1.807) is 0 Å². The molecule has 72 valence electrons. The lowest BCUT2D eigenvalue weighted by atomic mass is 10.1. The molecule has 12 heavy (non-hydrogen) atoms. The molecule has 0 N–H and O–H groups in total. The van der Waals surface area contributed by atoms with Gasteiger partial charge in [0.15, 0.2) is 0 Å². The minimum atomic E-state index is 0.814. The molecule has 0 aromatic carbocycles. The molecular formula is C11H22S. The van der Waals surface area contributed by atoms with Crippen LogP contribution in [0.2, 0.25) is 0 Å². The molecule has 1 aliphatic rings. The lowest BCUT2D eigenvalue weighted by Crippen LogP contribution is -2.12. The second kappa shape index (κ2) is 4.55. The van der Waals surface area contributed by atoms with Crippen LogP contribution >= 0.6 is 11.8 Å². The molecule has 1 heteroatoms. The Kier molecular flexibility index (Phi) is 3.95. The molecule has 0 aromatic heterocycles. The van der Waals surface area contributed by atoms with Gasteiger partial charge < -0.3 is 0 Å². The maximum atomic E-state index is 2.34. The van der Waals surface area contributed by atoms with Crippen molar-refractivity contribution >= 4 is 11.8 Å². The van der Waals surface area contributed by atoms with E-state index in [4.69, 9.17) is 0 Å². The summed E-state index contributed by atoms with van der Waals surface area (Å²) in [5.41, 5.74) is 0. The van der Waals surface area contributed by atoms with Crippen LogP contribution in [-0.4, -0.2) is 10.5 Å². The molecule has 1 fully saturated rings. The molecule has 0 nitrogen and oxygen atoms in total. The van der Waals surface area contributed by atoms with Gasteiger partial charge in [0.25, 0.3) is 0 Å². The number of thioether (sulfide) groups is 1. The van der Waals surface area contributed by atoms with E-state index in [-0.39, 0.29) is 0 Å². The molecule has 0 aliphatic heterocycles. The summed E-state index contributed by atoms with van der Waals surface area (Å²) < 4.78 is 0. The highest BCUT2D eigenvalue weighted by Gasteiger charge is 2.32. The molecule has 0 heterocycles. The molecule has 0 radical (unpaired) electrons. The lowest BCUT2D eigenvalue weighted by Gasteiger charge is -2.19. The number of hydrogen-bond donors (Lipinski definition) is 0. The van der Waals surface area contributed by atoms with Crippen LogP contribution in [0.25, 0.3) is 0 Å². The third kappa shape index (κ3) is 3.84. The Balaban J connectivity index is 2.27. The molecule has 0 spiro atoms. The molecule has 1 rings (SSSR count). The zero-order chi connectivity index (χ0) is 9.14. The van der Waals surface area contributed by atoms with Crippen LogP contribution in [0.1, 0.15) is 47.0 Å². The van der Waals surface area contributed by atoms with Crippen molar-refractivity contribution in [1.29, 1.82) is 0 Å². The van der Waals surface area contributed by atoms with Crippen LogP contribution in [0.15, 0.2) is 0 Å². The Labute approximate surface area is 81.5 Å². The van der Waals surface area contributed by atoms with Gasteiger partial charge in [0.1, 0.15) is 0 Å². The molecule has 1 atom stereocenters. The fourth-order valence-electron chi connectivity index (χ4n) is 1.64. The van der Waals surface area contributed by atoms with Gasteiger partial charge >= 0.3 is 0 Å². The second-order valence-corrected chi connectivity index (χ2v) is 6.51. The first-order valence-electron chi connectivity index (χ1n) is 5.25. The SMILES string of the molecule is CC(C)C[C@H](SC(C)C)C1CC1. The van der Waals surface area contributed by atoms with E-state index in [0.717, 1.165) is 22.3 Å². The van der Waals surface area contributed by atoms with Crippen molar-refractivity contribution in [1.82, 2.24) is 0 Å². The maximum absolute atomic E-state index is 2.34. The average Bonchev–Trinajstić information content (AvgIpc) is 2.63. The summed E-state index contributed by atoms with van der Waals surface area (Å²) in [6.07, 6.45) is 4.42. The quantitative estimate of drug-likeness (QED) is 0.626. The molecule has 1 aliphatic carbocycles. The Hall–Kier alpha value is 0.350. The van der Waals surface area contributed by atoms with Gasteiger partial charge in [0.2, 0.25) is 0 Å². The highest BCUT2D eigenvalue weighted by Crippen LogP contribution is 2.42. The first-order chi connectivity index (χ1) is 5.59. The number of rotatable bonds is 5. The number of hydrogen-bond acceptors (Lipinski definition) is 1. The fraction of sp³-hybridized carbons (Fsp3) is 1.00. The summed E-state index contributed by atoms with van der Waals surface area (Å²) in [5, 5.41) is 1.78. The minimum Gasteiger partial charge on any atom is -0.155 e. The van der Waals surface area contributed by atoms with Crippen LogP contribution in [0.5, 0.6) is 0 Å². The van der Waals surface area contributed by atoms with Gasteiger partial charge in [0, 0.05) is 5.25 Å². The highest BCUT2D eigenvalue weighted by atomic mass is 32.2. The van der Waals surface area contributed by atoms with Gasteiger partial charge in [0.05, 0.1) is 0 Å². The molecule has 0 bridgehead atoms. The first kappa shape index (κ1) is 10.4. The largest absolute Gasteiger partial charge is 0.155 e. The molecule has 1 saturated carbocycles. The zero-order valence-electron chi connectivity index (χ0n) is 8.84. The molecule has 0 amide bonds. The first-order valence-corrected chi connectivity index (χ1v) is 6.19. The summed E-state index contributed by atoms with van der Waals surface area (Å²) >= 11 is 2.20. The van der Waals surface area contributed by atoms with Gasteiger partial charge in [-0.3, -0.25) is 0 Å².